The third-order valence-electron chi connectivity index (χ3n) is 7.57. The first-order chi connectivity index (χ1) is 21.1. The molecule has 2 aromatic carbocycles. The fourth-order valence-corrected chi connectivity index (χ4v) is 6.80. The highest BCUT2D eigenvalue weighted by Gasteiger charge is 2.35. The zero-order valence-corrected chi connectivity index (χ0v) is 26.1. The van der Waals surface area contributed by atoms with Gasteiger partial charge in [0.05, 0.1) is 49.7 Å². The Hall–Kier alpha value is -3.80. The molecule has 9 nitrogen and oxygen atoms in total. The normalized spacial score (nSPS) is 14.2. The van der Waals surface area contributed by atoms with E-state index < -0.39 is 12.2 Å². The summed E-state index contributed by atoms with van der Waals surface area (Å²) in [5, 5.41) is 1.47. The van der Waals surface area contributed by atoms with E-state index >= 15 is 0 Å². The van der Waals surface area contributed by atoms with Crippen LogP contribution in [0.25, 0.3) is 0 Å². The number of anilines is 2. The number of benzene rings is 2. The minimum atomic E-state index is -0.418. The Labute approximate surface area is 260 Å². The van der Waals surface area contributed by atoms with E-state index in [9.17, 15) is 9.59 Å². The summed E-state index contributed by atoms with van der Waals surface area (Å²) in [5.41, 5.74) is 5.70. The first-order valence-corrected chi connectivity index (χ1v) is 16.1. The smallest absolute Gasteiger partial charge is 0.415 e. The number of amides is 2. The van der Waals surface area contributed by atoms with E-state index in [1.807, 2.05) is 36.4 Å². The Bertz CT molecular complexity index is 1300. The lowest BCUT2D eigenvalue weighted by atomic mass is 10.0. The molecule has 43 heavy (non-hydrogen) atoms. The number of carbonyl (C=O) groups excluding carboxylic acids is 2. The lowest BCUT2D eigenvalue weighted by Gasteiger charge is -2.38. The van der Waals surface area contributed by atoms with Gasteiger partial charge in [-0.05, 0) is 42.7 Å². The number of nitrogens with zero attached hydrogens (tertiary/aromatic N) is 5. The van der Waals surface area contributed by atoms with Crippen LogP contribution in [0.2, 0.25) is 0 Å². The van der Waals surface area contributed by atoms with Gasteiger partial charge in [-0.2, -0.15) is 0 Å². The number of thiazole rings is 2. The van der Waals surface area contributed by atoms with Crippen molar-refractivity contribution >= 4 is 44.9 Å². The maximum atomic E-state index is 13.3. The van der Waals surface area contributed by atoms with Gasteiger partial charge in [-0.3, -0.25) is 24.7 Å². The van der Waals surface area contributed by atoms with Crippen LogP contribution >= 0.6 is 22.7 Å². The van der Waals surface area contributed by atoms with Gasteiger partial charge in [0.25, 0.3) is 0 Å². The molecule has 1 aliphatic rings. The van der Waals surface area contributed by atoms with Gasteiger partial charge in [0.15, 0.2) is 0 Å². The summed E-state index contributed by atoms with van der Waals surface area (Å²) in [5.74, 6) is 0.583. The molecule has 1 fully saturated rings. The second kappa shape index (κ2) is 15.1. The fourth-order valence-electron chi connectivity index (χ4n) is 5.42. The Morgan fingerprint density at radius 2 is 1.21 bits per heavy atom. The van der Waals surface area contributed by atoms with E-state index in [0.29, 0.717) is 31.8 Å². The molecule has 0 N–H and O–H groups in total. The van der Waals surface area contributed by atoms with Crippen molar-refractivity contribution < 1.29 is 19.1 Å². The Balaban J connectivity index is 1.50. The minimum absolute atomic E-state index is 0.235. The predicted molar refractivity (Wildman–Crippen MR) is 171 cm³/mol. The lowest BCUT2D eigenvalue weighted by Crippen LogP contribution is -2.53. The quantitative estimate of drug-likeness (QED) is 0.162. The summed E-state index contributed by atoms with van der Waals surface area (Å²) < 4.78 is 10.6. The van der Waals surface area contributed by atoms with E-state index in [-0.39, 0.29) is 12.1 Å². The highest BCUT2D eigenvalue weighted by molar-refractivity contribution is 7.14. The van der Waals surface area contributed by atoms with E-state index in [0.717, 1.165) is 27.7 Å². The molecule has 1 aliphatic carbocycles. The first-order valence-electron chi connectivity index (χ1n) is 14.4. The number of hydrogen-bond acceptors (Lipinski definition) is 9. The molecule has 4 aromatic rings. The number of carbonyl (C=O) groups is 2. The number of rotatable bonds is 14. The van der Waals surface area contributed by atoms with Crippen LogP contribution in [0.3, 0.4) is 0 Å². The van der Waals surface area contributed by atoms with Gasteiger partial charge in [0.2, 0.25) is 0 Å². The summed E-state index contributed by atoms with van der Waals surface area (Å²) >= 11 is 2.83. The Morgan fingerprint density at radius 1 is 0.767 bits per heavy atom. The standard InChI is InChI=1S/C32H37N5O4S2/c1-40-31(38)36(29-17-33-22-42-29)27(15-24-9-5-3-6-10-24)20-35(19-26-13-14-26)21-28(16-25-11-7-4-8-12-25)37(32(39)41-2)30-18-34-23-43-30/h3-12,17-18,22-23,26-28H,13-16,19-21H2,1-2H3/t27-,28-/m0/s1. The molecule has 5 rings (SSSR count). The molecule has 0 radical (unpaired) electrons. The summed E-state index contributed by atoms with van der Waals surface area (Å²) in [6, 6.07) is 19.9. The largest absolute Gasteiger partial charge is 0.452 e. The Morgan fingerprint density at radius 3 is 1.56 bits per heavy atom. The van der Waals surface area contributed by atoms with E-state index in [1.165, 1.54) is 49.7 Å². The van der Waals surface area contributed by atoms with Crippen LogP contribution in [0.1, 0.15) is 24.0 Å². The van der Waals surface area contributed by atoms with Gasteiger partial charge in [-0.15, -0.1) is 22.7 Å². The van der Waals surface area contributed by atoms with Gasteiger partial charge < -0.3 is 9.47 Å². The molecule has 11 heteroatoms. The summed E-state index contributed by atoms with van der Waals surface area (Å²) in [7, 11) is 2.83. The van der Waals surface area contributed by atoms with Crippen molar-refractivity contribution in [2.45, 2.75) is 37.8 Å². The van der Waals surface area contributed by atoms with Crippen molar-refractivity contribution in [3.63, 3.8) is 0 Å². The third kappa shape index (κ3) is 8.40. The first kappa shape index (κ1) is 30.7. The SMILES string of the molecule is COC(=O)N(c1cncs1)[C@@H](Cc1ccccc1)CN(CC1CC1)C[C@H](Cc1ccccc1)N(C(=O)OC)c1cncs1. The second-order valence-corrected chi connectivity index (χ2v) is 12.4. The number of hydrogen-bond donors (Lipinski definition) is 0. The maximum absolute atomic E-state index is 13.3. The molecule has 226 valence electrons. The number of ether oxygens (including phenoxy) is 2. The minimum Gasteiger partial charge on any atom is -0.452 e. The summed E-state index contributed by atoms with van der Waals surface area (Å²) in [6.07, 6.45) is 6.21. The van der Waals surface area contributed by atoms with Crippen molar-refractivity contribution in [2.24, 2.45) is 5.92 Å². The molecule has 1 saturated carbocycles. The van der Waals surface area contributed by atoms with Crippen molar-refractivity contribution in [3.05, 3.63) is 95.2 Å². The van der Waals surface area contributed by atoms with Crippen molar-refractivity contribution in [3.8, 4) is 0 Å². The monoisotopic (exact) mass is 619 g/mol. The van der Waals surface area contributed by atoms with Crippen LogP contribution in [-0.2, 0) is 22.3 Å². The van der Waals surface area contributed by atoms with Crippen LogP contribution in [0.5, 0.6) is 0 Å². The summed E-state index contributed by atoms with van der Waals surface area (Å²) in [6.45, 7) is 2.04. The topological polar surface area (TPSA) is 88.1 Å². The molecular formula is C32H37N5O4S2. The van der Waals surface area contributed by atoms with Crippen LogP contribution in [0.15, 0.2) is 84.1 Å². The molecule has 0 saturated heterocycles. The van der Waals surface area contributed by atoms with E-state index in [2.05, 4.69) is 39.1 Å². The highest BCUT2D eigenvalue weighted by atomic mass is 32.1. The lowest BCUT2D eigenvalue weighted by molar-refractivity contribution is 0.165. The predicted octanol–water partition coefficient (Wildman–Crippen LogP) is 6.38. The average Bonchev–Trinajstić information content (AvgIpc) is 3.42. The van der Waals surface area contributed by atoms with Crippen molar-refractivity contribution in [1.29, 1.82) is 0 Å². The highest BCUT2D eigenvalue weighted by Crippen LogP contribution is 2.32. The molecular weight excluding hydrogens is 583 g/mol. The van der Waals surface area contributed by atoms with Crippen LogP contribution in [0.4, 0.5) is 19.6 Å². The van der Waals surface area contributed by atoms with Crippen LogP contribution < -0.4 is 9.80 Å². The van der Waals surface area contributed by atoms with Crippen LogP contribution in [-0.4, -0.2) is 73.0 Å². The molecule has 0 bridgehead atoms. The third-order valence-corrected chi connectivity index (χ3v) is 9.11. The van der Waals surface area contributed by atoms with Gasteiger partial charge in [0, 0.05) is 19.6 Å². The molecule has 2 heterocycles. The number of methoxy groups -OCH3 is 2. The zero-order chi connectivity index (χ0) is 30.0. The molecule has 2 atom stereocenters. The molecule has 0 spiro atoms. The molecule has 0 unspecified atom stereocenters. The van der Waals surface area contributed by atoms with E-state index in [1.54, 1.807) is 33.2 Å². The maximum Gasteiger partial charge on any atom is 0.415 e. The average molecular weight is 620 g/mol. The van der Waals surface area contributed by atoms with Gasteiger partial charge in [-0.25, -0.2) is 9.59 Å². The molecule has 0 aliphatic heterocycles. The van der Waals surface area contributed by atoms with Gasteiger partial charge in [-0.1, -0.05) is 60.7 Å². The fraction of sp³-hybridized carbons (Fsp3) is 0.375. The van der Waals surface area contributed by atoms with Gasteiger partial charge >= 0.3 is 12.2 Å². The zero-order valence-electron chi connectivity index (χ0n) is 24.5. The second-order valence-electron chi connectivity index (χ2n) is 10.7. The van der Waals surface area contributed by atoms with Crippen molar-refractivity contribution in [1.82, 2.24) is 14.9 Å². The van der Waals surface area contributed by atoms with Gasteiger partial charge in [0.1, 0.15) is 10.0 Å². The Kier molecular flexibility index (Phi) is 10.8. The van der Waals surface area contributed by atoms with E-state index in [4.69, 9.17) is 9.47 Å². The van der Waals surface area contributed by atoms with Crippen LogP contribution in [0, 0.1) is 5.92 Å². The molecule has 2 aromatic heterocycles. The summed E-state index contributed by atoms with van der Waals surface area (Å²) in [4.78, 5) is 41.0. The van der Waals surface area contributed by atoms with Crippen molar-refractivity contribution in [2.75, 3.05) is 43.7 Å². The molecule has 2 amide bonds. The number of aromatic nitrogens is 2.